The fourth-order valence-corrected chi connectivity index (χ4v) is 3.23. The van der Waals surface area contributed by atoms with E-state index in [2.05, 4.69) is 0 Å². The number of hydrogen-bond acceptors (Lipinski definition) is 6. The Kier molecular flexibility index (Phi) is 6.09. The second-order valence-electron chi connectivity index (χ2n) is 6.45. The number of halogens is 6. The first-order valence-corrected chi connectivity index (χ1v) is 8.27. The average molecular weight is 480 g/mol. The van der Waals surface area contributed by atoms with E-state index in [1.807, 2.05) is 0 Å². The summed E-state index contributed by atoms with van der Waals surface area (Å²) in [4.78, 5) is 42.2. The SMILES string of the molecule is NC(=O)c1ccc(C(c2ccc(C(N)=O)c([N+](=O)[O-])c2)(C(F)(F)F)C(F)(F)F)cc1[N+](=O)[O-]. The van der Waals surface area contributed by atoms with Crippen molar-refractivity contribution < 1.29 is 45.8 Å². The van der Waals surface area contributed by atoms with Crippen molar-refractivity contribution in [3.05, 3.63) is 78.9 Å². The quantitative estimate of drug-likeness (QED) is 0.365. The molecule has 0 spiro atoms. The van der Waals surface area contributed by atoms with Gasteiger partial charge in [-0.1, -0.05) is 12.1 Å². The van der Waals surface area contributed by atoms with Crippen LogP contribution in [0.2, 0.25) is 0 Å². The van der Waals surface area contributed by atoms with Crippen LogP contribution in [0.15, 0.2) is 36.4 Å². The molecule has 0 aliphatic heterocycles. The Balaban J connectivity index is 3.10. The van der Waals surface area contributed by atoms with Gasteiger partial charge in [0.25, 0.3) is 23.2 Å². The second-order valence-corrected chi connectivity index (χ2v) is 6.45. The molecule has 176 valence electrons. The lowest BCUT2D eigenvalue weighted by Gasteiger charge is -2.38. The minimum atomic E-state index is -6.27. The molecule has 0 aromatic heterocycles. The van der Waals surface area contributed by atoms with E-state index in [0.29, 0.717) is 12.1 Å². The molecule has 16 heteroatoms. The summed E-state index contributed by atoms with van der Waals surface area (Å²) >= 11 is 0. The van der Waals surface area contributed by atoms with Crippen molar-refractivity contribution in [2.75, 3.05) is 0 Å². The number of nitrogens with two attached hydrogens (primary N) is 2. The lowest BCUT2D eigenvalue weighted by atomic mass is 9.72. The standard InChI is InChI=1S/C17H10F6N4O6/c18-16(19,20)15(17(21,22)23,7-1-3-9(13(24)28)11(5-7)26(30)31)8-2-4-10(14(25)29)12(6-8)27(32)33/h1-6H,(H2,24,28)(H2,25,29). The molecule has 2 aromatic carbocycles. The number of hydrogen-bond donors (Lipinski definition) is 2. The van der Waals surface area contributed by atoms with Gasteiger partial charge in [0.2, 0.25) is 5.41 Å². The van der Waals surface area contributed by atoms with Crippen LogP contribution in [-0.2, 0) is 5.41 Å². The summed E-state index contributed by atoms with van der Waals surface area (Å²) in [7, 11) is 0. The third-order valence-corrected chi connectivity index (χ3v) is 4.64. The van der Waals surface area contributed by atoms with E-state index in [-0.39, 0.29) is 24.3 Å². The van der Waals surface area contributed by atoms with E-state index < -0.39 is 73.1 Å². The fourth-order valence-electron chi connectivity index (χ4n) is 3.23. The Hall–Kier alpha value is -4.24. The molecule has 0 aliphatic carbocycles. The summed E-state index contributed by atoms with van der Waals surface area (Å²) in [5.74, 6) is -3.00. The first-order valence-electron chi connectivity index (χ1n) is 8.27. The van der Waals surface area contributed by atoms with Crippen LogP contribution in [0.5, 0.6) is 0 Å². The van der Waals surface area contributed by atoms with E-state index >= 15 is 0 Å². The maximum atomic E-state index is 14.2. The van der Waals surface area contributed by atoms with Crippen molar-refractivity contribution in [2.45, 2.75) is 17.8 Å². The van der Waals surface area contributed by atoms with Crippen molar-refractivity contribution in [2.24, 2.45) is 11.5 Å². The highest BCUT2D eigenvalue weighted by Gasteiger charge is 2.73. The van der Waals surface area contributed by atoms with Gasteiger partial charge in [0.1, 0.15) is 11.1 Å². The highest BCUT2D eigenvalue weighted by molar-refractivity contribution is 5.97. The van der Waals surface area contributed by atoms with Crippen molar-refractivity contribution in [1.82, 2.24) is 0 Å². The number of carbonyl (C=O) groups is 2. The third kappa shape index (κ3) is 4.01. The maximum Gasteiger partial charge on any atom is 0.411 e. The molecule has 2 rings (SSSR count). The lowest BCUT2D eigenvalue weighted by Crippen LogP contribution is -2.54. The van der Waals surface area contributed by atoms with Gasteiger partial charge in [-0.2, -0.15) is 26.3 Å². The zero-order valence-corrected chi connectivity index (χ0v) is 15.7. The summed E-state index contributed by atoms with van der Waals surface area (Å²) in [6, 6.07) is 0.593. The summed E-state index contributed by atoms with van der Waals surface area (Å²) in [5.41, 5.74) is -3.69. The molecule has 33 heavy (non-hydrogen) atoms. The average Bonchev–Trinajstić information content (AvgIpc) is 2.65. The molecule has 4 N–H and O–H groups in total. The molecule has 2 amide bonds. The molecule has 0 saturated carbocycles. The first-order chi connectivity index (χ1) is 15.0. The zero-order chi connectivity index (χ0) is 25.5. The molecule has 0 saturated heterocycles. The minimum Gasteiger partial charge on any atom is -0.365 e. The number of nitro groups is 2. The van der Waals surface area contributed by atoms with Crippen molar-refractivity contribution in [3.8, 4) is 0 Å². The molecule has 0 fully saturated rings. The van der Waals surface area contributed by atoms with Gasteiger partial charge in [0.05, 0.1) is 9.85 Å². The maximum absolute atomic E-state index is 14.2. The molecule has 0 atom stereocenters. The summed E-state index contributed by atoms with van der Waals surface area (Å²) in [5, 5.41) is 22.4. The molecule has 0 unspecified atom stereocenters. The predicted octanol–water partition coefficient (Wildman–Crippen LogP) is 3.11. The molecule has 2 aromatic rings. The summed E-state index contributed by atoms with van der Waals surface area (Å²) in [6.45, 7) is 0. The third-order valence-electron chi connectivity index (χ3n) is 4.64. The van der Waals surface area contributed by atoms with Crippen LogP contribution in [-0.4, -0.2) is 34.0 Å². The normalized spacial score (nSPS) is 12.3. The van der Waals surface area contributed by atoms with Crippen LogP contribution in [0.3, 0.4) is 0 Å². The van der Waals surface area contributed by atoms with E-state index in [0.717, 1.165) is 0 Å². The second kappa shape index (κ2) is 8.03. The number of benzene rings is 2. The van der Waals surface area contributed by atoms with E-state index in [1.54, 1.807) is 0 Å². The van der Waals surface area contributed by atoms with Gasteiger partial charge in [-0.25, -0.2) is 0 Å². The molecular formula is C17H10F6N4O6. The molecule has 0 heterocycles. The highest BCUT2D eigenvalue weighted by atomic mass is 19.4. The monoisotopic (exact) mass is 480 g/mol. The van der Waals surface area contributed by atoms with Crippen LogP contribution in [0, 0.1) is 20.2 Å². The van der Waals surface area contributed by atoms with Crippen molar-refractivity contribution in [3.63, 3.8) is 0 Å². The van der Waals surface area contributed by atoms with E-state index in [9.17, 15) is 56.2 Å². The highest BCUT2D eigenvalue weighted by Crippen LogP contribution is 2.57. The summed E-state index contributed by atoms with van der Waals surface area (Å²) < 4.78 is 85.1. The van der Waals surface area contributed by atoms with Crippen LogP contribution in [0.1, 0.15) is 31.8 Å². The molecule has 0 aliphatic rings. The van der Waals surface area contributed by atoms with Crippen LogP contribution in [0.4, 0.5) is 37.7 Å². The Morgan fingerprint density at radius 2 is 1.00 bits per heavy atom. The van der Waals surface area contributed by atoms with Gasteiger partial charge >= 0.3 is 12.4 Å². The Bertz CT molecular complexity index is 1090. The molecule has 0 radical (unpaired) electrons. The van der Waals surface area contributed by atoms with Crippen molar-refractivity contribution in [1.29, 1.82) is 0 Å². The number of amides is 2. The molecule has 10 nitrogen and oxygen atoms in total. The topological polar surface area (TPSA) is 172 Å². The van der Waals surface area contributed by atoms with E-state index in [4.69, 9.17) is 11.5 Å². The van der Waals surface area contributed by atoms with Gasteiger partial charge in [0, 0.05) is 12.1 Å². The first kappa shape index (κ1) is 25.0. The molecular weight excluding hydrogens is 470 g/mol. The fraction of sp³-hybridized carbons (Fsp3) is 0.176. The predicted molar refractivity (Wildman–Crippen MR) is 96.1 cm³/mol. The number of primary amides is 2. The number of alkyl halides is 6. The lowest BCUT2D eigenvalue weighted by molar-refractivity contribution is -0.385. The smallest absolute Gasteiger partial charge is 0.365 e. The van der Waals surface area contributed by atoms with E-state index in [1.165, 1.54) is 0 Å². The van der Waals surface area contributed by atoms with Crippen molar-refractivity contribution >= 4 is 23.2 Å². The number of rotatable bonds is 6. The molecule has 0 bridgehead atoms. The Morgan fingerprint density at radius 3 is 1.21 bits per heavy atom. The Morgan fingerprint density at radius 1 is 0.697 bits per heavy atom. The Labute approximate surface area is 178 Å². The summed E-state index contributed by atoms with van der Waals surface area (Å²) in [6.07, 6.45) is -12.5. The zero-order valence-electron chi connectivity index (χ0n) is 15.7. The van der Waals surface area contributed by atoms with Crippen LogP contribution in [0.25, 0.3) is 0 Å². The van der Waals surface area contributed by atoms with Gasteiger partial charge < -0.3 is 11.5 Å². The number of nitrogens with zero attached hydrogens (tertiary/aromatic N) is 2. The van der Waals surface area contributed by atoms with Gasteiger partial charge in [-0.3, -0.25) is 29.8 Å². The largest absolute Gasteiger partial charge is 0.411 e. The number of nitro benzene ring substituents is 2. The van der Waals surface area contributed by atoms with Gasteiger partial charge in [-0.15, -0.1) is 0 Å². The van der Waals surface area contributed by atoms with Gasteiger partial charge in [-0.05, 0) is 23.3 Å². The number of carbonyl (C=O) groups excluding carboxylic acids is 2. The van der Waals surface area contributed by atoms with Gasteiger partial charge in [0.15, 0.2) is 0 Å². The van der Waals surface area contributed by atoms with Crippen LogP contribution >= 0.6 is 0 Å². The minimum absolute atomic E-state index is 0.141. The van der Waals surface area contributed by atoms with Crippen LogP contribution < -0.4 is 11.5 Å².